The van der Waals surface area contributed by atoms with Crippen molar-refractivity contribution < 1.29 is 14.4 Å². The van der Waals surface area contributed by atoms with Crippen LogP contribution in [0.5, 0.6) is 0 Å². The van der Waals surface area contributed by atoms with E-state index in [-0.39, 0.29) is 35.2 Å². The number of carbonyl (C=O) groups excluding carboxylic acids is 3. The second-order valence-electron chi connectivity index (χ2n) is 9.34. The summed E-state index contributed by atoms with van der Waals surface area (Å²) in [5, 5.41) is 5.97. The molecule has 3 unspecified atom stereocenters. The van der Waals surface area contributed by atoms with E-state index in [9.17, 15) is 14.4 Å². The van der Waals surface area contributed by atoms with Crippen molar-refractivity contribution in [3.05, 3.63) is 0 Å². The minimum absolute atomic E-state index is 0.0945. The van der Waals surface area contributed by atoms with Crippen molar-refractivity contribution in [3.63, 3.8) is 0 Å². The van der Waals surface area contributed by atoms with Crippen molar-refractivity contribution in [3.8, 4) is 0 Å². The predicted octanol–water partition coefficient (Wildman–Crippen LogP) is 2.18. The number of carbonyl (C=O) groups is 3. The first-order valence-electron chi connectivity index (χ1n) is 9.63. The van der Waals surface area contributed by atoms with Crippen molar-refractivity contribution in [1.82, 2.24) is 15.5 Å². The maximum atomic E-state index is 12.7. The largest absolute Gasteiger partial charge is 0.351 e. The molecule has 1 aliphatic heterocycles. The van der Waals surface area contributed by atoms with Crippen molar-refractivity contribution >= 4 is 17.8 Å². The molecule has 6 heteroatoms. The highest BCUT2D eigenvalue weighted by Crippen LogP contribution is 2.65. The van der Waals surface area contributed by atoms with Crippen LogP contribution in [0.4, 0.5) is 4.79 Å². The molecule has 3 saturated carbocycles. The first-order valence-corrected chi connectivity index (χ1v) is 9.63. The van der Waals surface area contributed by atoms with Crippen molar-refractivity contribution in [1.29, 1.82) is 0 Å². The van der Waals surface area contributed by atoms with Gasteiger partial charge in [0.15, 0.2) is 0 Å². The standard InChI is InChI=1S/C19H29N3O3/c1-17(2)12-6-9-18(17,3)13(10-12)20-14(23)11-22-15(24)19(21-16(22)25)7-4-5-8-19/h12-13H,4-11H2,1-3H3,(H,20,23)(H,21,25). The summed E-state index contributed by atoms with van der Waals surface area (Å²) in [6.45, 7) is 6.71. The van der Waals surface area contributed by atoms with Gasteiger partial charge in [0.25, 0.3) is 5.91 Å². The van der Waals surface area contributed by atoms with Crippen LogP contribution in [-0.4, -0.2) is 40.9 Å². The number of hydrogen-bond donors (Lipinski definition) is 2. The first-order chi connectivity index (χ1) is 11.7. The Labute approximate surface area is 149 Å². The maximum Gasteiger partial charge on any atom is 0.325 e. The second kappa shape index (κ2) is 5.21. The number of imide groups is 1. The number of nitrogens with one attached hydrogen (secondary N) is 2. The van der Waals surface area contributed by atoms with Crippen LogP contribution >= 0.6 is 0 Å². The second-order valence-corrected chi connectivity index (χ2v) is 9.34. The molecule has 4 aliphatic rings. The molecular weight excluding hydrogens is 318 g/mol. The summed E-state index contributed by atoms with van der Waals surface area (Å²) in [6.07, 6.45) is 6.62. The average Bonchev–Trinajstić information content (AvgIpc) is 3.20. The fourth-order valence-corrected chi connectivity index (χ4v) is 5.94. The smallest absolute Gasteiger partial charge is 0.325 e. The number of hydrogen-bond acceptors (Lipinski definition) is 3. The third-order valence-corrected chi connectivity index (χ3v) is 8.13. The van der Waals surface area contributed by atoms with Gasteiger partial charge < -0.3 is 10.6 Å². The quantitative estimate of drug-likeness (QED) is 0.768. The molecule has 3 atom stereocenters. The molecule has 3 aliphatic carbocycles. The SMILES string of the molecule is CC1(C)C2CCC1(C)C(NC(=O)CN1C(=O)NC3(CCCC3)C1=O)C2. The molecule has 1 spiro atoms. The molecule has 0 aromatic carbocycles. The molecule has 1 saturated heterocycles. The lowest BCUT2D eigenvalue weighted by Gasteiger charge is -2.39. The van der Waals surface area contributed by atoms with E-state index < -0.39 is 11.6 Å². The summed E-state index contributed by atoms with van der Waals surface area (Å²) in [4.78, 5) is 38.6. The molecule has 6 nitrogen and oxygen atoms in total. The van der Waals surface area contributed by atoms with Crippen LogP contribution in [0.3, 0.4) is 0 Å². The van der Waals surface area contributed by atoms with Gasteiger partial charge in [0.1, 0.15) is 12.1 Å². The number of amides is 4. The van der Waals surface area contributed by atoms with Gasteiger partial charge in [-0.2, -0.15) is 0 Å². The van der Waals surface area contributed by atoms with Crippen LogP contribution in [0, 0.1) is 16.7 Å². The minimum Gasteiger partial charge on any atom is -0.351 e. The van der Waals surface area contributed by atoms with Gasteiger partial charge in [0.05, 0.1) is 0 Å². The zero-order valence-corrected chi connectivity index (χ0v) is 15.5. The summed E-state index contributed by atoms with van der Waals surface area (Å²) in [6, 6.07) is -0.281. The van der Waals surface area contributed by atoms with E-state index in [0.29, 0.717) is 18.8 Å². The Morgan fingerprint density at radius 3 is 2.44 bits per heavy atom. The van der Waals surface area contributed by atoms with Crippen molar-refractivity contribution in [2.45, 2.75) is 77.3 Å². The third kappa shape index (κ3) is 2.18. The molecule has 138 valence electrons. The van der Waals surface area contributed by atoms with E-state index in [2.05, 4.69) is 31.4 Å². The Morgan fingerprint density at radius 1 is 1.20 bits per heavy atom. The van der Waals surface area contributed by atoms with Gasteiger partial charge in [-0.15, -0.1) is 0 Å². The Kier molecular flexibility index (Phi) is 3.51. The number of fused-ring (bicyclic) bond motifs is 2. The highest BCUT2D eigenvalue weighted by molar-refractivity contribution is 6.09. The Hall–Kier alpha value is -1.59. The minimum atomic E-state index is -0.738. The van der Waals surface area contributed by atoms with Crippen LogP contribution in [-0.2, 0) is 9.59 Å². The zero-order valence-electron chi connectivity index (χ0n) is 15.5. The van der Waals surface area contributed by atoms with Gasteiger partial charge in [-0.1, -0.05) is 33.6 Å². The maximum absolute atomic E-state index is 12.7. The normalized spacial score (nSPS) is 37.8. The molecule has 2 bridgehead atoms. The summed E-state index contributed by atoms with van der Waals surface area (Å²) >= 11 is 0. The van der Waals surface area contributed by atoms with E-state index in [0.717, 1.165) is 30.6 Å². The molecule has 4 rings (SSSR count). The van der Waals surface area contributed by atoms with Gasteiger partial charge in [-0.25, -0.2) is 4.79 Å². The average molecular weight is 347 g/mol. The van der Waals surface area contributed by atoms with Gasteiger partial charge in [0.2, 0.25) is 5.91 Å². The van der Waals surface area contributed by atoms with Gasteiger partial charge in [-0.05, 0) is 48.9 Å². The van der Waals surface area contributed by atoms with Gasteiger partial charge in [-0.3, -0.25) is 14.5 Å². The van der Waals surface area contributed by atoms with E-state index in [4.69, 9.17) is 0 Å². The fourth-order valence-electron chi connectivity index (χ4n) is 5.94. The number of urea groups is 1. The predicted molar refractivity (Wildman–Crippen MR) is 92.6 cm³/mol. The molecule has 0 radical (unpaired) electrons. The molecule has 1 heterocycles. The van der Waals surface area contributed by atoms with E-state index >= 15 is 0 Å². The summed E-state index contributed by atoms with van der Waals surface area (Å²) in [5.74, 6) is 0.207. The van der Waals surface area contributed by atoms with E-state index in [1.165, 1.54) is 6.42 Å². The molecule has 2 N–H and O–H groups in total. The van der Waals surface area contributed by atoms with Crippen LogP contribution in [0.15, 0.2) is 0 Å². The molecule has 4 amide bonds. The van der Waals surface area contributed by atoms with E-state index in [1.54, 1.807) is 0 Å². The molecule has 25 heavy (non-hydrogen) atoms. The summed E-state index contributed by atoms with van der Waals surface area (Å²) in [5.41, 5.74) is -0.422. The van der Waals surface area contributed by atoms with Crippen LogP contribution < -0.4 is 10.6 Å². The third-order valence-electron chi connectivity index (χ3n) is 8.13. The number of rotatable bonds is 3. The zero-order chi connectivity index (χ0) is 18.0. The first kappa shape index (κ1) is 16.9. The Morgan fingerprint density at radius 2 is 1.88 bits per heavy atom. The van der Waals surface area contributed by atoms with E-state index in [1.807, 2.05) is 0 Å². The van der Waals surface area contributed by atoms with Crippen LogP contribution in [0.25, 0.3) is 0 Å². The fraction of sp³-hybridized carbons (Fsp3) is 0.842. The summed E-state index contributed by atoms with van der Waals surface area (Å²) in [7, 11) is 0. The van der Waals surface area contributed by atoms with Crippen LogP contribution in [0.2, 0.25) is 0 Å². The highest BCUT2D eigenvalue weighted by Gasteiger charge is 2.61. The molecule has 4 fully saturated rings. The van der Waals surface area contributed by atoms with Gasteiger partial charge >= 0.3 is 6.03 Å². The lowest BCUT2D eigenvalue weighted by molar-refractivity contribution is -0.135. The lowest BCUT2D eigenvalue weighted by Crippen LogP contribution is -2.50. The Bertz CT molecular complexity index is 638. The van der Waals surface area contributed by atoms with Crippen LogP contribution in [0.1, 0.15) is 65.7 Å². The number of nitrogens with zero attached hydrogens (tertiary/aromatic N) is 1. The molecular formula is C19H29N3O3. The Balaban J connectivity index is 1.42. The van der Waals surface area contributed by atoms with Gasteiger partial charge in [0, 0.05) is 6.04 Å². The molecule has 0 aromatic rings. The van der Waals surface area contributed by atoms with Crippen molar-refractivity contribution in [2.75, 3.05) is 6.54 Å². The highest BCUT2D eigenvalue weighted by atomic mass is 16.2. The topological polar surface area (TPSA) is 78.5 Å². The monoisotopic (exact) mass is 347 g/mol. The van der Waals surface area contributed by atoms with Crippen molar-refractivity contribution in [2.24, 2.45) is 16.7 Å². The summed E-state index contributed by atoms with van der Waals surface area (Å²) < 4.78 is 0. The lowest BCUT2D eigenvalue weighted by atomic mass is 9.69. The molecule has 0 aromatic heterocycles.